The van der Waals surface area contributed by atoms with Gasteiger partial charge >= 0.3 is 0 Å². The lowest BCUT2D eigenvalue weighted by molar-refractivity contribution is 0.483. The predicted molar refractivity (Wildman–Crippen MR) is 162 cm³/mol. The number of aryl methyl sites for hydroxylation is 1. The van der Waals surface area contributed by atoms with Crippen LogP contribution < -0.4 is 4.74 Å². The fraction of sp³-hybridized carbons (Fsp3) is 0.147. The number of para-hydroxylation sites is 1. The van der Waals surface area contributed by atoms with Crippen molar-refractivity contribution in [3.8, 4) is 28.4 Å². The van der Waals surface area contributed by atoms with Gasteiger partial charge in [0.25, 0.3) is 0 Å². The first kappa shape index (κ1) is 17.6. The van der Waals surface area contributed by atoms with Crippen LogP contribution in [-0.4, -0.2) is 9.55 Å². The molecular formula is C34H29BrN2O. The third-order valence-electron chi connectivity index (χ3n) is 6.56. The second kappa shape index (κ2) is 9.45. The summed E-state index contributed by atoms with van der Waals surface area (Å²) in [6.07, 6.45) is 1.53. The number of pyridine rings is 1. The van der Waals surface area contributed by atoms with Crippen molar-refractivity contribution in [2.45, 2.75) is 33.0 Å². The number of hydrogen-bond donors (Lipinski definition) is 0. The normalized spacial score (nSPS) is 14.8. The van der Waals surface area contributed by atoms with Crippen molar-refractivity contribution in [3.05, 3.63) is 119 Å². The molecule has 0 unspecified atom stereocenters. The zero-order chi connectivity index (χ0) is 32.4. The summed E-state index contributed by atoms with van der Waals surface area (Å²) < 4.78 is 68.3. The zero-order valence-corrected chi connectivity index (χ0v) is 22.8. The van der Waals surface area contributed by atoms with Crippen molar-refractivity contribution in [3.63, 3.8) is 0 Å². The number of rotatable bonds is 4. The van der Waals surface area contributed by atoms with E-state index in [-0.39, 0.29) is 40.4 Å². The van der Waals surface area contributed by atoms with Gasteiger partial charge in [0.1, 0.15) is 17.3 Å². The Balaban J connectivity index is 1.64. The average molecular weight is 569 g/mol. The number of nitrogens with zero attached hydrogens (tertiary/aromatic N) is 2. The van der Waals surface area contributed by atoms with Crippen LogP contribution in [0.1, 0.15) is 41.5 Å². The molecule has 2 heterocycles. The van der Waals surface area contributed by atoms with Crippen LogP contribution in [0.4, 0.5) is 0 Å². The topological polar surface area (TPSA) is 27.1 Å². The third-order valence-corrected chi connectivity index (χ3v) is 7.05. The van der Waals surface area contributed by atoms with Gasteiger partial charge in [0.15, 0.2) is 0 Å². The highest BCUT2D eigenvalue weighted by Gasteiger charge is 2.17. The summed E-state index contributed by atoms with van der Waals surface area (Å²) in [4.78, 5) is 4.73. The molecule has 0 saturated carbocycles. The molecule has 0 aliphatic heterocycles. The Bertz CT molecular complexity index is 2130. The molecule has 6 aromatic rings. The SMILES string of the molecule is [2H]c1c([2H])c([2H])c2c(c1[2H])c1ccc(Oc3cccc(Br)c3)cc1n2-c1cc(C([2H])([2H])[2H])c(-c2cccc(C(C)(C)C)c2)cn1. The summed E-state index contributed by atoms with van der Waals surface area (Å²) in [5, 5.41) is 0.863. The number of halogens is 1. The summed E-state index contributed by atoms with van der Waals surface area (Å²) in [5.74, 6) is 1.26. The van der Waals surface area contributed by atoms with Gasteiger partial charge in [-0.2, -0.15) is 0 Å². The summed E-state index contributed by atoms with van der Waals surface area (Å²) in [7, 11) is 0. The lowest BCUT2D eigenvalue weighted by atomic mass is 9.85. The van der Waals surface area contributed by atoms with Crippen LogP contribution in [0.25, 0.3) is 38.8 Å². The molecule has 0 N–H and O–H groups in total. The number of benzene rings is 4. The minimum absolute atomic E-state index is 0.0796. The third kappa shape index (κ3) is 4.50. The summed E-state index contributed by atoms with van der Waals surface area (Å²) in [5.41, 5.74) is 2.87. The molecule has 0 fully saturated rings. The first-order valence-corrected chi connectivity index (χ1v) is 13.0. The van der Waals surface area contributed by atoms with Crippen molar-refractivity contribution in [1.29, 1.82) is 0 Å². The monoisotopic (exact) mass is 567 g/mol. The molecule has 38 heavy (non-hydrogen) atoms. The predicted octanol–water partition coefficient (Wildman–Crippen LogP) is 10.0. The molecule has 0 atom stereocenters. The van der Waals surface area contributed by atoms with Crippen molar-refractivity contribution >= 4 is 37.7 Å². The second-order valence-electron chi connectivity index (χ2n) is 10.2. The smallest absolute Gasteiger partial charge is 0.137 e. The van der Waals surface area contributed by atoms with Crippen molar-refractivity contribution < 1.29 is 14.3 Å². The fourth-order valence-electron chi connectivity index (χ4n) is 4.61. The van der Waals surface area contributed by atoms with Crippen LogP contribution in [-0.2, 0) is 5.41 Å². The van der Waals surface area contributed by atoms with Crippen molar-refractivity contribution in [2.24, 2.45) is 0 Å². The van der Waals surface area contributed by atoms with E-state index in [1.165, 1.54) is 12.3 Å². The van der Waals surface area contributed by atoms with Gasteiger partial charge in [0, 0.05) is 37.2 Å². The van der Waals surface area contributed by atoms with E-state index in [2.05, 4.69) is 36.7 Å². The van der Waals surface area contributed by atoms with Gasteiger partial charge in [-0.1, -0.05) is 85.2 Å². The van der Waals surface area contributed by atoms with Crippen LogP contribution in [0.3, 0.4) is 0 Å². The van der Waals surface area contributed by atoms with Gasteiger partial charge in [-0.3, -0.25) is 4.57 Å². The van der Waals surface area contributed by atoms with Crippen molar-refractivity contribution in [1.82, 2.24) is 9.55 Å². The Morgan fingerprint density at radius 2 is 1.68 bits per heavy atom. The van der Waals surface area contributed by atoms with Crippen LogP contribution in [0.15, 0.2) is 108 Å². The van der Waals surface area contributed by atoms with Gasteiger partial charge in [-0.15, -0.1) is 0 Å². The Morgan fingerprint density at radius 3 is 2.50 bits per heavy atom. The molecule has 0 saturated heterocycles. The number of hydrogen-bond acceptors (Lipinski definition) is 2. The number of fused-ring (bicyclic) bond motifs is 3. The summed E-state index contributed by atoms with van der Waals surface area (Å²) >= 11 is 3.45. The van der Waals surface area contributed by atoms with E-state index >= 15 is 0 Å². The van der Waals surface area contributed by atoms with E-state index in [0.29, 0.717) is 33.4 Å². The fourth-order valence-corrected chi connectivity index (χ4v) is 4.99. The first-order valence-electron chi connectivity index (χ1n) is 15.7. The van der Waals surface area contributed by atoms with Crippen LogP contribution in [0, 0.1) is 6.85 Å². The van der Waals surface area contributed by atoms with E-state index in [1.54, 1.807) is 22.8 Å². The summed E-state index contributed by atoms with van der Waals surface area (Å²) in [6.45, 7) is 3.78. The molecule has 4 heteroatoms. The highest BCUT2D eigenvalue weighted by atomic mass is 79.9. The van der Waals surface area contributed by atoms with Gasteiger partial charge < -0.3 is 4.74 Å². The molecule has 188 valence electrons. The molecule has 4 aromatic carbocycles. The largest absolute Gasteiger partial charge is 0.457 e. The standard InChI is InChI=1S/C34H29BrN2O/c1-22-17-33(36-21-30(22)23-9-7-10-24(18-23)34(2,3)4)37-31-14-6-5-13-28(31)29-16-15-27(20-32(29)37)38-26-12-8-11-25(35)19-26/h5-21H,1-4H3/i1D3,5D,6D,13D,14D. The minimum atomic E-state index is -2.50. The maximum atomic E-state index is 8.85. The number of ether oxygens (including phenoxy) is 1. The highest BCUT2D eigenvalue weighted by Crippen LogP contribution is 2.36. The minimum Gasteiger partial charge on any atom is -0.457 e. The van der Waals surface area contributed by atoms with Crippen LogP contribution >= 0.6 is 15.9 Å². The molecule has 6 rings (SSSR count). The maximum absolute atomic E-state index is 8.85. The van der Waals surface area contributed by atoms with Crippen molar-refractivity contribution in [2.75, 3.05) is 0 Å². The molecule has 0 spiro atoms. The molecule has 0 aliphatic carbocycles. The zero-order valence-electron chi connectivity index (χ0n) is 28.2. The summed E-state index contributed by atoms with van der Waals surface area (Å²) in [6, 6.07) is 20.6. The first-order chi connectivity index (χ1) is 21.1. The molecule has 0 aliphatic rings. The number of aromatic nitrogens is 2. The van der Waals surface area contributed by atoms with Crippen LogP contribution in [0.2, 0.25) is 0 Å². The van der Waals surface area contributed by atoms with E-state index in [9.17, 15) is 0 Å². The van der Waals surface area contributed by atoms with E-state index in [0.717, 1.165) is 15.6 Å². The molecule has 2 aromatic heterocycles. The molecule has 0 amide bonds. The second-order valence-corrected chi connectivity index (χ2v) is 11.1. The van der Waals surface area contributed by atoms with E-state index in [1.807, 2.05) is 48.5 Å². The average Bonchev–Trinajstić information content (AvgIpc) is 3.32. The Morgan fingerprint density at radius 1 is 0.868 bits per heavy atom. The molecular weight excluding hydrogens is 532 g/mol. The van der Waals surface area contributed by atoms with E-state index in [4.69, 9.17) is 19.3 Å². The Hall–Kier alpha value is -3.89. The lowest BCUT2D eigenvalue weighted by Gasteiger charge is -2.20. The van der Waals surface area contributed by atoms with E-state index < -0.39 is 12.9 Å². The van der Waals surface area contributed by atoms with Gasteiger partial charge in [0.2, 0.25) is 0 Å². The maximum Gasteiger partial charge on any atom is 0.137 e. The van der Waals surface area contributed by atoms with Gasteiger partial charge in [-0.25, -0.2) is 4.98 Å². The Labute approximate surface area is 241 Å². The Kier molecular flexibility index (Phi) is 4.37. The van der Waals surface area contributed by atoms with Gasteiger partial charge in [0.05, 0.1) is 16.5 Å². The highest BCUT2D eigenvalue weighted by molar-refractivity contribution is 9.10. The van der Waals surface area contributed by atoms with Crippen LogP contribution in [0.5, 0.6) is 11.5 Å². The molecule has 0 radical (unpaired) electrons. The lowest BCUT2D eigenvalue weighted by Crippen LogP contribution is -2.10. The van der Waals surface area contributed by atoms with Gasteiger partial charge in [-0.05, 0) is 71.4 Å². The quantitative estimate of drug-likeness (QED) is 0.212. The molecule has 0 bridgehead atoms. The molecule has 3 nitrogen and oxygen atoms in total.